The van der Waals surface area contributed by atoms with Gasteiger partial charge in [-0.05, 0) is 49.8 Å². The summed E-state index contributed by atoms with van der Waals surface area (Å²) < 4.78 is 0. The minimum Gasteiger partial charge on any atom is -0.508 e. The number of hydrogen-bond donors (Lipinski definition) is 2. The molecule has 2 N–H and O–H groups in total. The van der Waals surface area contributed by atoms with Gasteiger partial charge < -0.3 is 20.2 Å². The number of halogens is 1. The van der Waals surface area contributed by atoms with Crippen molar-refractivity contribution in [1.82, 2.24) is 15.1 Å². The zero-order valence-electron chi connectivity index (χ0n) is 15.5. The van der Waals surface area contributed by atoms with Gasteiger partial charge in [0.05, 0.1) is 0 Å². The Balaban J connectivity index is 0.00000210. The zero-order chi connectivity index (χ0) is 18.1. The van der Waals surface area contributed by atoms with Crippen LogP contribution in [0.25, 0.3) is 0 Å². The highest BCUT2D eigenvalue weighted by Gasteiger charge is 2.35. The molecule has 1 aromatic rings. The molecule has 7 heteroatoms. The lowest BCUT2D eigenvalue weighted by Gasteiger charge is -2.36. The molecule has 0 radical (unpaired) electrons. The maximum atomic E-state index is 12.7. The molecule has 0 saturated carbocycles. The molecule has 1 aromatic carbocycles. The normalized spacial score (nSPS) is 27.2. The number of carbonyl (C=O) groups excluding carboxylic acids is 2. The quantitative estimate of drug-likeness (QED) is 0.824. The van der Waals surface area contributed by atoms with Crippen LogP contribution in [-0.4, -0.2) is 65.0 Å². The first kappa shape index (κ1) is 20.0. The van der Waals surface area contributed by atoms with E-state index in [-0.39, 0.29) is 30.0 Å². The number of aromatic hydroxyl groups is 1. The SMILES string of the molecule is Cl.O=C(CC1CC2CCC(C1)N2)N1CCN(C(=O)c2cccc(O)c2)CC1. The number of piperazine rings is 1. The van der Waals surface area contributed by atoms with Gasteiger partial charge in [-0.1, -0.05) is 6.07 Å². The monoisotopic (exact) mass is 393 g/mol. The molecular weight excluding hydrogens is 366 g/mol. The molecule has 2 atom stereocenters. The standard InChI is InChI=1S/C20H27N3O3.ClH/c24-18-3-1-2-15(13-18)20(26)23-8-6-22(7-9-23)19(25)12-14-10-16-4-5-17(11-14)21-16;/h1-3,13-14,16-17,21,24H,4-12H2;1H. The van der Waals surface area contributed by atoms with Crippen molar-refractivity contribution in [2.75, 3.05) is 26.2 Å². The number of fused-ring (bicyclic) bond motifs is 2. The van der Waals surface area contributed by atoms with Crippen molar-refractivity contribution in [3.8, 4) is 5.75 Å². The van der Waals surface area contributed by atoms with Crippen molar-refractivity contribution in [3.05, 3.63) is 29.8 Å². The summed E-state index contributed by atoms with van der Waals surface area (Å²) >= 11 is 0. The van der Waals surface area contributed by atoms with Crippen molar-refractivity contribution in [2.45, 2.75) is 44.2 Å². The van der Waals surface area contributed by atoms with Crippen LogP contribution < -0.4 is 5.32 Å². The van der Waals surface area contributed by atoms with Crippen molar-refractivity contribution in [2.24, 2.45) is 5.92 Å². The molecule has 0 spiro atoms. The fraction of sp³-hybridized carbons (Fsp3) is 0.600. The third kappa shape index (κ3) is 4.55. The second kappa shape index (κ2) is 8.48. The average Bonchev–Trinajstić information content (AvgIpc) is 2.99. The van der Waals surface area contributed by atoms with Gasteiger partial charge in [-0.15, -0.1) is 12.4 Å². The molecule has 2 amide bonds. The molecule has 3 heterocycles. The van der Waals surface area contributed by atoms with Crippen LogP contribution in [0.5, 0.6) is 5.75 Å². The summed E-state index contributed by atoms with van der Waals surface area (Å²) in [6.07, 6.45) is 5.40. The Morgan fingerprint density at radius 2 is 1.67 bits per heavy atom. The molecule has 2 bridgehead atoms. The highest BCUT2D eigenvalue weighted by Crippen LogP contribution is 2.33. The van der Waals surface area contributed by atoms with Crippen LogP contribution in [0.2, 0.25) is 0 Å². The van der Waals surface area contributed by atoms with Crippen molar-refractivity contribution < 1.29 is 14.7 Å². The van der Waals surface area contributed by atoms with Crippen LogP contribution in [0, 0.1) is 5.92 Å². The van der Waals surface area contributed by atoms with E-state index < -0.39 is 0 Å². The van der Waals surface area contributed by atoms with E-state index in [1.165, 1.54) is 18.9 Å². The minimum atomic E-state index is -0.0806. The molecule has 3 saturated heterocycles. The predicted octanol–water partition coefficient (Wildman–Crippen LogP) is 2.02. The second-order valence-corrected chi connectivity index (χ2v) is 7.90. The van der Waals surface area contributed by atoms with Crippen LogP contribution in [0.15, 0.2) is 24.3 Å². The largest absolute Gasteiger partial charge is 0.508 e. The van der Waals surface area contributed by atoms with Crippen molar-refractivity contribution >= 4 is 24.2 Å². The number of nitrogens with zero attached hydrogens (tertiary/aromatic N) is 2. The summed E-state index contributed by atoms with van der Waals surface area (Å²) in [7, 11) is 0. The van der Waals surface area contributed by atoms with E-state index in [0.717, 1.165) is 12.8 Å². The molecule has 4 rings (SSSR count). The Morgan fingerprint density at radius 1 is 1.04 bits per heavy atom. The van der Waals surface area contributed by atoms with Crippen LogP contribution in [0.3, 0.4) is 0 Å². The Labute approximate surface area is 166 Å². The molecule has 148 valence electrons. The van der Waals surface area contributed by atoms with E-state index in [9.17, 15) is 14.7 Å². The van der Waals surface area contributed by atoms with Gasteiger partial charge >= 0.3 is 0 Å². The van der Waals surface area contributed by atoms with Gasteiger partial charge in [-0.2, -0.15) is 0 Å². The Bertz CT molecular complexity index is 679. The molecule has 0 aliphatic carbocycles. The van der Waals surface area contributed by atoms with Gasteiger partial charge in [0.1, 0.15) is 5.75 Å². The van der Waals surface area contributed by atoms with Gasteiger partial charge in [0.25, 0.3) is 5.91 Å². The van der Waals surface area contributed by atoms with Gasteiger partial charge in [-0.3, -0.25) is 9.59 Å². The molecule has 27 heavy (non-hydrogen) atoms. The Morgan fingerprint density at radius 3 is 2.30 bits per heavy atom. The first-order valence-electron chi connectivity index (χ1n) is 9.70. The second-order valence-electron chi connectivity index (χ2n) is 7.90. The maximum Gasteiger partial charge on any atom is 0.254 e. The molecule has 0 aromatic heterocycles. The Hall–Kier alpha value is -1.79. The van der Waals surface area contributed by atoms with E-state index >= 15 is 0 Å². The third-order valence-electron chi connectivity index (χ3n) is 6.05. The number of rotatable bonds is 3. The van der Waals surface area contributed by atoms with E-state index in [1.807, 2.05) is 4.90 Å². The molecule has 6 nitrogen and oxygen atoms in total. The Kier molecular flexibility index (Phi) is 6.27. The topological polar surface area (TPSA) is 72.9 Å². The van der Waals surface area contributed by atoms with Gasteiger partial charge in [-0.25, -0.2) is 0 Å². The number of hydrogen-bond acceptors (Lipinski definition) is 4. The number of carbonyl (C=O) groups is 2. The number of benzene rings is 1. The summed E-state index contributed by atoms with van der Waals surface area (Å²) in [5, 5.41) is 13.2. The summed E-state index contributed by atoms with van der Waals surface area (Å²) in [5.74, 6) is 0.762. The number of nitrogens with one attached hydrogen (secondary N) is 1. The number of phenolic OH excluding ortho intramolecular Hbond substituents is 1. The summed E-state index contributed by atoms with van der Waals surface area (Å²) in [5.41, 5.74) is 0.495. The fourth-order valence-electron chi connectivity index (χ4n) is 4.70. The molecule has 3 aliphatic heterocycles. The van der Waals surface area contributed by atoms with Gasteiger partial charge in [0.2, 0.25) is 5.91 Å². The lowest BCUT2D eigenvalue weighted by Crippen LogP contribution is -2.51. The van der Waals surface area contributed by atoms with E-state index in [4.69, 9.17) is 0 Å². The molecule has 3 fully saturated rings. The highest BCUT2D eigenvalue weighted by atomic mass is 35.5. The third-order valence-corrected chi connectivity index (χ3v) is 6.05. The molecule has 2 unspecified atom stereocenters. The smallest absolute Gasteiger partial charge is 0.254 e. The first-order valence-corrected chi connectivity index (χ1v) is 9.70. The van der Waals surface area contributed by atoms with Gasteiger partial charge in [0, 0.05) is 50.2 Å². The van der Waals surface area contributed by atoms with Crippen LogP contribution in [-0.2, 0) is 4.79 Å². The lowest BCUT2D eigenvalue weighted by atomic mass is 9.89. The van der Waals surface area contributed by atoms with Crippen molar-refractivity contribution in [1.29, 1.82) is 0 Å². The average molecular weight is 394 g/mol. The van der Waals surface area contributed by atoms with Crippen LogP contribution in [0.1, 0.15) is 42.5 Å². The maximum absolute atomic E-state index is 12.7. The van der Waals surface area contributed by atoms with Crippen LogP contribution >= 0.6 is 12.4 Å². The van der Waals surface area contributed by atoms with Gasteiger partial charge in [0.15, 0.2) is 0 Å². The van der Waals surface area contributed by atoms with Crippen LogP contribution in [0.4, 0.5) is 0 Å². The fourth-order valence-corrected chi connectivity index (χ4v) is 4.70. The summed E-state index contributed by atoms with van der Waals surface area (Å²) in [6.45, 7) is 2.30. The molecular formula is C20H28ClN3O3. The van der Waals surface area contributed by atoms with E-state index in [2.05, 4.69) is 5.32 Å². The number of piperidine rings is 1. The van der Waals surface area contributed by atoms with E-state index in [1.54, 1.807) is 23.1 Å². The zero-order valence-corrected chi connectivity index (χ0v) is 16.3. The number of phenols is 1. The molecule has 3 aliphatic rings. The first-order chi connectivity index (χ1) is 12.6. The number of amides is 2. The predicted molar refractivity (Wildman–Crippen MR) is 105 cm³/mol. The summed E-state index contributed by atoms with van der Waals surface area (Å²) in [4.78, 5) is 28.9. The highest BCUT2D eigenvalue weighted by molar-refractivity contribution is 5.94. The van der Waals surface area contributed by atoms with Crippen molar-refractivity contribution in [3.63, 3.8) is 0 Å². The minimum absolute atomic E-state index is 0. The summed E-state index contributed by atoms with van der Waals surface area (Å²) in [6, 6.07) is 7.66. The lowest BCUT2D eigenvalue weighted by molar-refractivity contribution is -0.134. The van der Waals surface area contributed by atoms with E-state index in [0.29, 0.717) is 56.2 Å².